The minimum absolute atomic E-state index is 0. The monoisotopic (exact) mass is 302 g/mol. The first-order valence-corrected chi connectivity index (χ1v) is 4.82. The molecule has 0 radical (unpaired) electrons. The second-order valence-corrected chi connectivity index (χ2v) is 3.05. The van der Waals surface area contributed by atoms with E-state index in [1.165, 1.54) is 44.9 Å². The predicted molar refractivity (Wildman–Crippen MR) is 111 cm³/mol. The fourth-order valence-electron chi connectivity index (χ4n) is 1.17. The van der Waals surface area contributed by atoms with Gasteiger partial charge < -0.3 is 11.5 Å². The maximum absolute atomic E-state index is 5.37. The summed E-state index contributed by atoms with van der Waals surface area (Å²) < 4.78 is 0. The third kappa shape index (κ3) is 81.8. The lowest BCUT2D eigenvalue weighted by molar-refractivity contribution is 0.585. The van der Waals surface area contributed by atoms with E-state index in [-0.39, 0.29) is 66.8 Å². The van der Waals surface area contributed by atoms with Crippen molar-refractivity contribution in [3.63, 3.8) is 0 Å². The van der Waals surface area contributed by atoms with Crippen molar-refractivity contribution in [3.05, 3.63) is 0 Å². The molecule has 0 aliphatic heterocycles. The zero-order chi connectivity index (χ0) is 8.36. The van der Waals surface area contributed by atoms with Gasteiger partial charge in [0.1, 0.15) is 0 Å². The smallest absolute Gasteiger partial charge is 0.00773 e. The summed E-state index contributed by atoms with van der Waals surface area (Å²) in [4.78, 5) is 0. The molecule has 0 atom stereocenters. The molecule has 0 spiro atoms. The van der Waals surface area contributed by atoms with E-state index in [0.717, 1.165) is 13.1 Å². The van der Waals surface area contributed by atoms with Crippen molar-refractivity contribution in [2.24, 2.45) is 11.5 Å². The standard InChI is InChI=1S/C9H22N2.9CH4/c10-8-6-4-2-1-3-5-7-9-11;;;;;;;;;/h1-11H2;9*1H4. The van der Waals surface area contributed by atoms with E-state index < -0.39 is 0 Å². The molecular weight excluding hydrogens is 244 g/mol. The van der Waals surface area contributed by atoms with Crippen molar-refractivity contribution < 1.29 is 0 Å². The first-order chi connectivity index (χ1) is 5.41. The van der Waals surface area contributed by atoms with Crippen molar-refractivity contribution in [2.75, 3.05) is 13.1 Å². The van der Waals surface area contributed by atoms with Crippen LogP contribution in [0.15, 0.2) is 0 Å². The SMILES string of the molecule is C.C.C.C.C.C.C.C.C.NCCCCCCCCCN. The molecule has 0 unspecified atom stereocenters. The second kappa shape index (κ2) is 76.4. The fraction of sp³-hybridized carbons (Fsp3) is 1.00. The average Bonchev–Trinajstić information content (AvgIpc) is 2.03. The van der Waals surface area contributed by atoms with Crippen LogP contribution in [0.3, 0.4) is 0 Å². The summed E-state index contributed by atoms with van der Waals surface area (Å²) >= 11 is 0. The highest BCUT2D eigenvalue weighted by atomic mass is 14.5. The number of hydrogen-bond acceptors (Lipinski definition) is 2. The molecule has 0 aliphatic carbocycles. The van der Waals surface area contributed by atoms with Gasteiger partial charge >= 0.3 is 0 Å². The molecule has 0 amide bonds. The molecule has 4 N–H and O–H groups in total. The van der Waals surface area contributed by atoms with Gasteiger partial charge in [0, 0.05) is 0 Å². The second-order valence-electron chi connectivity index (χ2n) is 3.05. The van der Waals surface area contributed by atoms with Crippen LogP contribution >= 0.6 is 0 Å². The molecule has 0 saturated carbocycles. The van der Waals surface area contributed by atoms with Crippen LogP contribution in [0.4, 0.5) is 0 Å². The zero-order valence-electron chi connectivity index (χ0n) is 7.52. The number of hydrogen-bond donors (Lipinski definition) is 2. The summed E-state index contributed by atoms with van der Waals surface area (Å²) in [6.07, 6.45) is 9.05. The molecule has 0 aromatic heterocycles. The summed E-state index contributed by atoms with van der Waals surface area (Å²) in [6, 6.07) is 0. The van der Waals surface area contributed by atoms with Gasteiger partial charge in [0.25, 0.3) is 0 Å². The van der Waals surface area contributed by atoms with Crippen LogP contribution in [0.25, 0.3) is 0 Å². The molecule has 2 heteroatoms. The van der Waals surface area contributed by atoms with Gasteiger partial charge in [-0.25, -0.2) is 0 Å². The zero-order valence-corrected chi connectivity index (χ0v) is 7.52. The molecule has 2 nitrogen and oxygen atoms in total. The van der Waals surface area contributed by atoms with E-state index >= 15 is 0 Å². The molecule has 0 aromatic rings. The Hall–Kier alpha value is -0.0800. The van der Waals surface area contributed by atoms with E-state index in [4.69, 9.17) is 11.5 Å². The summed E-state index contributed by atoms with van der Waals surface area (Å²) in [6.45, 7) is 1.70. The summed E-state index contributed by atoms with van der Waals surface area (Å²) in [5.74, 6) is 0. The Morgan fingerprint density at radius 3 is 0.600 bits per heavy atom. The van der Waals surface area contributed by atoms with Crippen molar-refractivity contribution in [3.8, 4) is 0 Å². The topological polar surface area (TPSA) is 52.0 Å². The molecule has 0 bridgehead atoms. The highest BCUT2D eigenvalue weighted by molar-refractivity contribution is 4.46. The Balaban J connectivity index is -0.0000000139. The Morgan fingerprint density at radius 1 is 0.300 bits per heavy atom. The summed E-state index contributed by atoms with van der Waals surface area (Å²) in [5, 5.41) is 0. The fourth-order valence-corrected chi connectivity index (χ4v) is 1.17. The first-order valence-electron chi connectivity index (χ1n) is 4.82. The third-order valence-electron chi connectivity index (χ3n) is 1.91. The number of nitrogens with two attached hydrogens (primary N) is 2. The van der Waals surface area contributed by atoms with Gasteiger partial charge in [0.15, 0.2) is 0 Å². The maximum atomic E-state index is 5.37. The maximum Gasteiger partial charge on any atom is -0.00773 e. The van der Waals surface area contributed by atoms with Gasteiger partial charge in [-0.3, -0.25) is 0 Å². The van der Waals surface area contributed by atoms with E-state index in [1.807, 2.05) is 0 Å². The minimum atomic E-state index is 0. The van der Waals surface area contributed by atoms with Crippen LogP contribution in [-0.4, -0.2) is 13.1 Å². The predicted octanol–water partition coefficient (Wildman–Crippen LogP) is 7.36. The van der Waals surface area contributed by atoms with Gasteiger partial charge in [-0.05, 0) is 25.9 Å². The molecule has 0 saturated heterocycles. The normalized spacial score (nSPS) is 5.70. The Bertz CT molecular complexity index is 58.4. The largest absolute Gasteiger partial charge is 0.330 e. The van der Waals surface area contributed by atoms with Crippen LogP contribution in [0.1, 0.15) is 112 Å². The molecule has 20 heavy (non-hydrogen) atoms. The van der Waals surface area contributed by atoms with Crippen molar-refractivity contribution in [2.45, 2.75) is 112 Å². The number of unbranched alkanes of at least 4 members (excludes halogenated alkanes) is 6. The lowest BCUT2D eigenvalue weighted by Gasteiger charge is -1.99. The molecule has 0 rings (SSSR count). The van der Waals surface area contributed by atoms with E-state index in [2.05, 4.69) is 0 Å². The Morgan fingerprint density at radius 2 is 0.450 bits per heavy atom. The lowest BCUT2D eigenvalue weighted by Crippen LogP contribution is -1.98. The Labute approximate surface area is 137 Å². The highest BCUT2D eigenvalue weighted by Crippen LogP contribution is 2.05. The van der Waals surface area contributed by atoms with Crippen LogP contribution < -0.4 is 11.5 Å². The molecule has 0 aromatic carbocycles. The third-order valence-corrected chi connectivity index (χ3v) is 1.91. The quantitative estimate of drug-likeness (QED) is 0.460. The first kappa shape index (κ1) is 72.5. The molecule has 0 heterocycles. The van der Waals surface area contributed by atoms with Gasteiger partial charge in [0.05, 0.1) is 0 Å². The van der Waals surface area contributed by atoms with Gasteiger partial charge in [-0.1, -0.05) is 98.9 Å². The van der Waals surface area contributed by atoms with Crippen molar-refractivity contribution >= 4 is 0 Å². The van der Waals surface area contributed by atoms with E-state index in [1.54, 1.807) is 0 Å². The van der Waals surface area contributed by atoms with Crippen LogP contribution in [0.5, 0.6) is 0 Å². The van der Waals surface area contributed by atoms with E-state index in [0.29, 0.717) is 0 Å². The van der Waals surface area contributed by atoms with Gasteiger partial charge in [-0.2, -0.15) is 0 Å². The van der Waals surface area contributed by atoms with Crippen LogP contribution in [-0.2, 0) is 0 Å². The van der Waals surface area contributed by atoms with Crippen LogP contribution in [0.2, 0.25) is 0 Å². The average molecular weight is 303 g/mol. The lowest BCUT2D eigenvalue weighted by atomic mass is 10.1. The van der Waals surface area contributed by atoms with Crippen LogP contribution in [0, 0.1) is 0 Å². The van der Waals surface area contributed by atoms with Crippen molar-refractivity contribution in [1.29, 1.82) is 0 Å². The van der Waals surface area contributed by atoms with Gasteiger partial charge in [0.2, 0.25) is 0 Å². The molecule has 0 fully saturated rings. The van der Waals surface area contributed by atoms with Crippen molar-refractivity contribution in [1.82, 2.24) is 0 Å². The molecular formula is C18H58N2. The Kier molecular flexibility index (Phi) is 277. The summed E-state index contributed by atoms with van der Waals surface area (Å²) in [5.41, 5.74) is 10.7. The summed E-state index contributed by atoms with van der Waals surface area (Å²) in [7, 11) is 0. The molecule has 140 valence electrons. The minimum Gasteiger partial charge on any atom is -0.330 e. The highest BCUT2D eigenvalue weighted by Gasteiger charge is 1.89. The van der Waals surface area contributed by atoms with E-state index in [9.17, 15) is 0 Å². The number of rotatable bonds is 8. The van der Waals surface area contributed by atoms with Gasteiger partial charge in [-0.15, -0.1) is 0 Å². The molecule has 0 aliphatic rings.